The van der Waals surface area contributed by atoms with Crippen LogP contribution in [-0.2, 0) is 28.3 Å². The predicted octanol–water partition coefficient (Wildman–Crippen LogP) is 2.44. The van der Waals surface area contributed by atoms with Gasteiger partial charge < -0.3 is 9.47 Å². The number of carbonyl (C=O) groups excluding carboxylic acids is 1. The number of nitrogens with zero attached hydrogens (tertiary/aromatic N) is 1. The number of benzene rings is 1. The highest BCUT2D eigenvalue weighted by molar-refractivity contribution is 5.50. The zero-order chi connectivity index (χ0) is 12.6. The molecule has 4 nitrogen and oxygen atoms in total. The van der Waals surface area contributed by atoms with Gasteiger partial charge in [0.25, 0.3) is 0 Å². The minimum atomic E-state index is -0.412. The average Bonchev–Trinajstić information content (AvgIpc) is 2.79. The summed E-state index contributed by atoms with van der Waals surface area (Å²) in [5.41, 5.74) is 2.94. The molecule has 0 amide bonds. The topological polar surface area (TPSA) is 47.9 Å². The molecule has 0 N–H and O–H groups in total. The maximum Gasteiger partial charge on any atom is 0.235 e. The van der Waals surface area contributed by atoms with Crippen molar-refractivity contribution in [2.45, 2.75) is 38.0 Å². The Hall–Kier alpha value is -1.64. The fourth-order valence-corrected chi connectivity index (χ4v) is 2.78. The zero-order valence-electron chi connectivity index (χ0n) is 10.4. The van der Waals surface area contributed by atoms with E-state index in [2.05, 4.69) is 11.1 Å². The lowest BCUT2D eigenvalue weighted by Crippen LogP contribution is -2.32. The molecule has 0 saturated heterocycles. The second kappa shape index (κ2) is 4.23. The molecular weight excluding hydrogens is 230 g/mol. The minimum Gasteiger partial charge on any atom is -0.496 e. The van der Waals surface area contributed by atoms with Crippen LogP contribution >= 0.6 is 0 Å². The van der Waals surface area contributed by atoms with E-state index in [-0.39, 0.29) is 0 Å². The third-order valence-electron chi connectivity index (χ3n) is 3.98. The highest BCUT2D eigenvalue weighted by Gasteiger charge is 2.41. The zero-order valence-corrected chi connectivity index (χ0v) is 10.4. The van der Waals surface area contributed by atoms with Gasteiger partial charge >= 0.3 is 0 Å². The molecule has 1 saturated carbocycles. The quantitative estimate of drug-likeness (QED) is 0.607. The number of methoxy groups -OCH3 is 1. The number of ether oxygens (including phenoxy) is 2. The summed E-state index contributed by atoms with van der Waals surface area (Å²) in [6, 6.07) is 4.10. The first kappa shape index (κ1) is 11.5. The SMILES string of the molecule is COc1cc2c(cc1C1(N=C=O)CCC1)COC2. The average molecular weight is 245 g/mol. The van der Waals surface area contributed by atoms with Gasteiger partial charge in [0.2, 0.25) is 6.08 Å². The molecular formula is C14H15NO3. The van der Waals surface area contributed by atoms with Crippen LogP contribution in [0.2, 0.25) is 0 Å². The van der Waals surface area contributed by atoms with Gasteiger partial charge in [-0.05, 0) is 42.5 Å². The highest BCUT2D eigenvalue weighted by atomic mass is 16.5. The van der Waals surface area contributed by atoms with E-state index in [9.17, 15) is 4.79 Å². The van der Waals surface area contributed by atoms with Gasteiger partial charge in [0, 0.05) is 5.56 Å². The molecule has 0 bridgehead atoms. The van der Waals surface area contributed by atoms with Crippen molar-refractivity contribution in [2.75, 3.05) is 7.11 Å². The van der Waals surface area contributed by atoms with Gasteiger partial charge in [0.1, 0.15) is 11.3 Å². The highest BCUT2D eigenvalue weighted by Crippen LogP contribution is 2.49. The van der Waals surface area contributed by atoms with E-state index in [0.29, 0.717) is 13.2 Å². The molecule has 0 spiro atoms. The molecule has 0 unspecified atom stereocenters. The summed E-state index contributed by atoms with van der Waals surface area (Å²) in [4.78, 5) is 14.7. The van der Waals surface area contributed by atoms with Crippen LogP contribution in [0.3, 0.4) is 0 Å². The monoisotopic (exact) mass is 245 g/mol. The van der Waals surface area contributed by atoms with Gasteiger partial charge in [-0.2, -0.15) is 4.99 Å². The van der Waals surface area contributed by atoms with Crippen molar-refractivity contribution in [1.29, 1.82) is 0 Å². The second-order valence-electron chi connectivity index (χ2n) is 4.90. The van der Waals surface area contributed by atoms with Crippen LogP contribution in [0.5, 0.6) is 5.75 Å². The van der Waals surface area contributed by atoms with Gasteiger partial charge in [-0.15, -0.1) is 0 Å². The molecule has 1 fully saturated rings. The van der Waals surface area contributed by atoms with E-state index in [1.807, 2.05) is 6.07 Å². The molecule has 1 aromatic rings. The van der Waals surface area contributed by atoms with E-state index in [1.54, 1.807) is 13.2 Å². The Labute approximate surface area is 106 Å². The fraction of sp³-hybridized carbons (Fsp3) is 0.500. The first-order chi connectivity index (χ1) is 8.79. The maximum absolute atomic E-state index is 10.7. The predicted molar refractivity (Wildman–Crippen MR) is 65.1 cm³/mol. The van der Waals surface area contributed by atoms with Crippen molar-refractivity contribution in [2.24, 2.45) is 4.99 Å². The van der Waals surface area contributed by atoms with Crippen LogP contribution in [0.15, 0.2) is 17.1 Å². The fourth-order valence-electron chi connectivity index (χ4n) is 2.78. The number of hydrogen-bond donors (Lipinski definition) is 0. The van der Waals surface area contributed by atoms with E-state index in [4.69, 9.17) is 9.47 Å². The summed E-state index contributed by atoms with van der Waals surface area (Å²) < 4.78 is 10.9. The van der Waals surface area contributed by atoms with Gasteiger partial charge in [-0.25, -0.2) is 4.79 Å². The lowest BCUT2D eigenvalue weighted by Gasteiger charge is -2.38. The molecule has 1 aliphatic heterocycles. The molecule has 1 heterocycles. The van der Waals surface area contributed by atoms with Crippen molar-refractivity contribution in [3.8, 4) is 5.75 Å². The maximum atomic E-state index is 10.7. The number of fused-ring (bicyclic) bond motifs is 1. The Bertz CT molecular complexity index is 528. The first-order valence-electron chi connectivity index (χ1n) is 6.16. The molecule has 94 valence electrons. The Morgan fingerprint density at radius 1 is 1.33 bits per heavy atom. The normalized spacial score (nSPS) is 19.6. The summed E-state index contributed by atoms with van der Waals surface area (Å²) in [5.74, 6) is 0.804. The smallest absolute Gasteiger partial charge is 0.235 e. The molecule has 0 atom stereocenters. The van der Waals surface area contributed by atoms with E-state index >= 15 is 0 Å². The van der Waals surface area contributed by atoms with Crippen molar-refractivity contribution in [3.63, 3.8) is 0 Å². The van der Waals surface area contributed by atoms with Crippen molar-refractivity contribution in [3.05, 3.63) is 28.8 Å². The van der Waals surface area contributed by atoms with Crippen LogP contribution in [0, 0.1) is 0 Å². The lowest BCUT2D eigenvalue weighted by atomic mass is 9.71. The van der Waals surface area contributed by atoms with Gasteiger partial charge in [0.15, 0.2) is 0 Å². The Kier molecular flexibility index (Phi) is 2.69. The Morgan fingerprint density at radius 3 is 2.61 bits per heavy atom. The minimum absolute atomic E-state index is 0.412. The standard InChI is InChI=1S/C14H15NO3/c1-17-13-6-11-8-18-7-10(11)5-12(13)14(15-9-16)3-2-4-14/h5-6H,2-4,7-8H2,1H3. The second-order valence-corrected chi connectivity index (χ2v) is 4.90. The largest absolute Gasteiger partial charge is 0.496 e. The van der Waals surface area contributed by atoms with Gasteiger partial charge in [-0.3, -0.25) is 0 Å². The molecule has 0 aromatic heterocycles. The van der Waals surface area contributed by atoms with Crippen LogP contribution < -0.4 is 4.74 Å². The Balaban J connectivity index is 2.13. The summed E-state index contributed by atoms with van der Waals surface area (Å²) in [5, 5.41) is 0. The van der Waals surface area contributed by atoms with Crippen LogP contribution in [-0.4, -0.2) is 13.2 Å². The number of hydrogen-bond acceptors (Lipinski definition) is 4. The van der Waals surface area contributed by atoms with Gasteiger partial charge in [-0.1, -0.05) is 0 Å². The third-order valence-corrected chi connectivity index (χ3v) is 3.98. The Morgan fingerprint density at radius 2 is 2.06 bits per heavy atom. The molecule has 2 aliphatic rings. The number of isocyanates is 1. The molecule has 3 rings (SSSR count). The van der Waals surface area contributed by atoms with Crippen molar-refractivity contribution in [1.82, 2.24) is 0 Å². The molecule has 18 heavy (non-hydrogen) atoms. The summed E-state index contributed by atoms with van der Waals surface area (Å²) >= 11 is 0. The summed E-state index contributed by atoms with van der Waals surface area (Å²) in [6.45, 7) is 1.27. The van der Waals surface area contributed by atoms with E-state index in [0.717, 1.165) is 30.6 Å². The number of rotatable bonds is 3. The van der Waals surface area contributed by atoms with Crippen LogP contribution in [0.4, 0.5) is 0 Å². The lowest BCUT2D eigenvalue weighted by molar-refractivity contribution is 0.134. The van der Waals surface area contributed by atoms with E-state index < -0.39 is 5.54 Å². The molecule has 4 heteroatoms. The van der Waals surface area contributed by atoms with Crippen molar-refractivity contribution >= 4 is 6.08 Å². The first-order valence-corrected chi connectivity index (χ1v) is 6.16. The van der Waals surface area contributed by atoms with Crippen molar-refractivity contribution < 1.29 is 14.3 Å². The van der Waals surface area contributed by atoms with E-state index in [1.165, 1.54) is 11.1 Å². The van der Waals surface area contributed by atoms with Crippen LogP contribution in [0.25, 0.3) is 0 Å². The molecule has 0 radical (unpaired) electrons. The third kappa shape index (κ3) is 1.57. The molecule has 1 aromatic carbocycles. The summed E-state index contributed by atoms with van der Waals surface area (Å²) in [7, 11) is 1.65. The molecule has 1 aliphatic carbocycles. The summed E-state index contributed by atoms with van der Waals surface area (Å²) in [6.07, 6.45) is 4.58. The van der Waals surface area contributed by atoms with Gasteiger partial charge in [0.05, 0.1) is 20.3 Å². The number of aliphatic imine (C=N–C) groups is 1. The van der Waals surface area contributed by atoms with Crippen LogP contribution in [0.1, 0.15) is 36.0 Å².